The Kier molecular flexibility index (Phi) is 14.1. The fourth-order valence-corrected chi connectivity index (χ4v) is 1.15. The molecule has 2 heterocycles. The smallest absolute Gasteiger partial charge is 0.177 e. The van der Waals surface area contributed by atoms with Gasteiger partial charge in [0.2, 0.25) is 0 Å². The lowest BCUT2D eigenvalue weighted by Crippen LogP contribution is -2.30. The van der Waals surface area contributed by atoms with E-state index in [-0.39, 0.29) is 0 Å². The second-order valence-corrected chi connectivity index (χ2v) is 3.91. The van der Waals surface area contributed by atoms with Gasteiger partial charge in [0.15, 0.2) is 11.9 Å². The van der Waals surface area contributed by atoms with E-state index >= 15 is 0 Å². The van der Waals surface area contributed by atoms with E-state index in [2.05, 4.69) is 36.4 Å². The molecule has 0 aromatic carbocycles. The van der Waals surface area contributed by atoms with Crippen LogP contribution in [0.1, 0.15) is 44.5 Å². The molecule has 2 aromatic heterocycles. The van der Waals surface area contributed by atoms with Crippen LogP contribution < -0.4 is 4.57 Å². The van der Waals surface area contributed by atoms with Crippen LogP contribution in [-0.4, -0.2) is 4.98 Å². The molecule has 0 fully saturated rings. The number of hydrogen-bond donors (Lipinski definition) is 0. The van der Waals surface area contributed by atoms with Crippen molar-refractivity contribution >= 4 is 0 Å². The molecule has 0 aliphatic carbocycles. The van der Waals surface area contributed by atoms with Crippen LogP contribution in [0.3, 0.4) is 0 Å². The lowest BCUT2D eigenvalue weighted by Gasteiger charge is -1.92. The van der Waals surface area contributed by atoms with E-state index in [0.717, 1.165) is 0 Å². The van der Waals surface area contributed by atoms with Crippen LogP contribution in [0.15, 0.2) is 42.9 Å². The van der Waals surface area contributed by atoms with E-state index in [0.29, 0.717) is 0 Å². The summed E-state index contributed by atoms with van der Waals surface area (Å²) in [4.78, 5) is 3.95. The van der Waals surface area contributed by atoms with Gasteiger partial charge in [-0.2, -0.15) is 0 Å². The summed E-state index contributed by atoms with van der Waals surface area (Å²) in [5.41, 5.74) is 3.85. The molecule has 0 aliphatic heterocycles. The number of aromatic nitrogens is 2. The molecule has 2 aromatic rings. The third-order valence-electron chi connectivity index (χ3n) is 2.62. The minimum atomic E-state index is 1.26. The zero-order chi connectivity index (χ0) is 16.0. The molecular formula is C18H31N2+. The van der Waals surface area contributed by atoms with Crippen molar-refractivity contribution in [2.75, 3.05) is 0 Å². The quantitative estimate of drug-likeness (QED) is 0.644. The number of rotatable bonds is 0. The molecule has 0 aliphatic rings. The monoisotopic (exact) mass is 275 g/mol. The Bertz CT molecular complexity index is 365. The molecule has 0 saturated heterocycles. The summed E-state index contributed by atoms with van der Waals surface area (Å²) in [5.74, 6) is 0. The van der Waals surface area contributed by atoms with Gasteiger partial charge in [0, 0.05) is 31.5 Å². The maximum Gasteiger partial charge on any atom is 0.177 e. The van der Waals surface area contributed by atoms with Crippen LogP contribution in [0.2, 0.25) is 0 Å². The van der Waals surface area contributed by atoms with E-state index in [1.807, 2.05) is 71.5 Å². The fourth-order valence-electron chi connectivity index (χ4n) is 1.15. The van der Waals surface area contributed by atoms with Crippen molar-refractivity contribution in [2.24, 2.45) is 7.05 Å². The van der Waals surface area contributed by atoms with Gasteiger partial charge in [-0.25, -0.2) is 4.57 Å². The highest BCUT2D eigenvalue weighted by Gasteiger charge is 1.91. The van der Waals surface area contributed by atoms with Gasteiger partial charge in [0.25, 0.3) is 0 Å². The maximum atomic E-state index is 3.95. The molecule has 0 amide bonds. The van der Waals surface area contributed by atoms with E-state index in [9.17, 15) is 0 Å². The van der Waals surface area contributed by atoms with Crippen molar-refractivity contribution in [3.05, 3.63) is 59.7 Å². The number of pyridine rings is 2. The third-order valence-corrected chi connectivity index (χ3v) is 2.62. The molecule has 0 atom stereocenters. The second kappa shape index (κ2) is 13.7. The van der Waals surface area contributed by atoms with Gasteiger partial charge in [-0.1, -0.05) is 33.8 Å². The largest absolute Gasteiger partial charge is 0.264 e. The summed E-state index contributed by atoms with van der Waals surface area (Å²) < 4.78 is 2.08. The highest BCUT2D eigenvalue weighted by Crippen LogP contribution is 2.00. The minimum absolute atomic E-state index is 1.26. The van der Waals surface area contributed by atoms with Gasteiger partial charge in [0.05, 0.1) is 0 Å². The topological polar surface area (TPSA) is 16.8 Å². The minimum Gasteiger partial charge on any atom is -0.264 e. The lowest BCUT2D eigenvalue weighted by molar-refractivity contribution is -0.677. The first-order valence-electron chi connectivity index (χ1n) is 7.39. The van der Waals surface area contributed by atoms with Crippen LogP contribution >= 0.6 is 0 Å². The third kappa shape index (κ3) is 9.26. The summed E-state index contributed by atoms with van der Waals surface area (Å²) in [6, 6.07) is 8.15. The summed E-state index contributed by atoms with van der Waals surface area (Å²) >= 11 is 0. The van der Waals surface area contributed by atoms with Crippen LogP contribution in [-0.2, 0) is 7.05 Å². The van der Waals surface area contributed by atoms with Crippen molar-refractivity contribution in [1.82, 2.24) is 4.98 Å². The number of nitrogens with zero attached hydrogens (tertiary/aromatic N) is 2. The molecule has 0 saturated carbocycles. The van der Waals surface area contributed by atoms with Gasteiger partial charge in [0.1, 0.15) is 7.05 Å². The Morgan fingerprint density at radius 2 is 1.45 bits per heavy atom. The molecular weight excluding hydrogens is 244 g/mol. The van der Waals surface area contributed by atoms with Gasteiger partial charge in [-0.15, -0.1) is 0 Å². The van der Waals surface area contributed by atoms with Crippen molar-refractivity contribution in [3.63, 3.8) is 0 Å². The van der Waals surface area contributed by atoms with Crippen LogP contribution in [0, 0.1) is 20.8 Å². The Morgan fingerprint density at radius 3 is 1.75 bits per heavy atom. The van der Waals surface area contributed by atoms with Gasteiger partial charge in [-0.05, 0) is 31.0 Å². The van der Waals surface area contributed by atoms with E-state index in [1.54, 1.807) is 0 Å². The highest BCUT2D eigenvalue weighted by molar-refractivity contribution is 5.18. The molecule has 2 heteroatoms. The maximum absolute atomic E-state index is 3.95. The van der Waals surface area contributed by atoms with Crippen LogP contribution in [0.4, 0.5) is 0 Å². The molecule has 2 nitrogen and oxygen atoms in total. The number of aryl methyl sites for hydroxylation is 4. The molecule has 112 valence electrons. The van der Waals surface area contributed by atoms with Crippen molar-refractivity contribution < 1.29 is 4.57 Å². The summed E-state index contributed by atoms with van der Waals surface area (Å²) in [7, 11) is 2.04. The molecule has 0 radical (unpaired) electrons. The van der Waals surface area contributed by atoms with E-state index in [4.69, 9.17) is 0 Å². The molecule has 0 bridgehead atoms. The standard InChI is InChI=1S/C7H9N.C7H10N.2C2H6/c1-6-3-4-8-5-7(6)2;1-7-5-3-4-6-8(7)2;2*1-2/h3-5H,1-2H3;3-6H,1-2H3;2*1-2H3/q;+1;;. The Morgan fingerprint density at radius 1 is 0.850 bits per heavy atom. The normalized spacial score (nSPS) is 8.00. The predicted octanol–water partition coefficient (Wildman–Crippen LogP) is 4.57. The Balaban J connectivity index is 0. The SMILES string of the molecule is CC.CC.Cc1cccc[n+]1C.Cc1ccncc1C. The molecule has 0 spiro atoms. The summed E-state index contributed by atoms with van der Waals surface area (Å²) in [5, 5.41) is 0. The summed E-state index contributed by atoms with van der Waals surface area (Å²) in [6.07, 6.45) is 5.72. The van der Waals surface area contributed by atoms with E-state index < -0.39 is 0 Å². The Hall–Kier alpha value is -1.70. The summed E-state index contributed by atoms with van der Waals surface area (Å²) in [6.45, 7) is 14.2. The van der Waals surface area contributed by atoms with Crippen molar-refractivity contribution in [1.29, 1.82) is 0 Å². The average Bonchev–Trinajstić information content (AvgIpc) is 2.50. The highest BCUT2D eigenvalue weighted by atomic mass is 14.9. The number of hydrogen-bond acceptors (Lipinski definition) is 1. The second-order valence-electron chi connectivity index (χ2n) is 3.91. The molecule has 20 heavy (non-hydrogen) atoms. The lowest BCUT2D eigenvalue weighted by atomic mass is 10.2. The Labute approximate surface area is 125 Å². The fraction of sp³-hybridized carbons (Fsp3) is 0.444. The first-order chi connectivity index (χ1) is 9.61. The average molecular weight is 275 g/mol. The van der Waals surface area contributed by atoms with Gasteiger partial charge in [-0.3, -0.25) is 4.98 Å². The van der Waals surface area contributed by atoms with Crippen LogP contribution in [0.5, 0.6) is 0 Å². The molecule has 0 unspecified atom stereocenters. The van der Waals surface area contributed by atoms with Gasteiger partial charge >= 0.3 is 0 Å². The van der Waals surface area contributed by atoms with Gasteiger partial charge < -0.3 is 0 Å². The van der Waals surface area contributed by atoms with Crippen LogP contribution in [0.25, 0.3) is 0 Å². The van der Waals surface area contributed by atoms with Crippen molar-refractivity contribution in [3.8, 4) is 0 Å². The molecule has 2 rings (SSSR count). The zero-order valence-electron chi connectivity index (χ0n) is 14.4. The zero-order valence-corrected chi connectivity index (χ0v) is 14.4. The first kappa shape index (κ1) is 20.6. The predicted molar refractivity (Wildman–Crippen MR) is 88.8 cm³/mol. The van der Waals surface area contributed by atoms with E-state index in [1.165, 1.54) is 16.8 Å². The van der Waals surface area contributed by atoms with Crippen molar-refractivity contribution in [2.45, 2.75) is 48.5 Å². The molecule has 0 N–H and O–H groups in total. The first-order valence-corrected chi connectivity index (χ1v) is 7.39.